The SMILES string of the molecule is CCC1CN(C(CN)COC)CCO1. The van der Waals surface area contributed by atoms with Crippen molar-refractivity contribution < 1.29 is 9.47 Å². The maximum atomic E-state index is 5.71. The lowest BCUT2D eigenvalue weighted by molar-refractivity contribution is -0.0528. The number of morpholine rings is 1. The Labute approximate surface area is 86.3 Å². The van der Waals surface area contributed by atoms with Gasteiger partial charge in [-0.3, -0.25) is 4.90 Å². The van der Waals surface area contributed by atoms with Gasteiger partial charge in [-0.1, -0.05) is 6.92 Å². The lowest BCUT2D eigenvalue weighted by atomic mass is 10.1. The van der Waals surface area contributed by atoms with E-state index in [1.165, 1.54) is 0 Å². The van der Waals surface area contributed by atoms with Gasteiger partial charge in [0.15, 0.2) is 0 Å². The highest BCUT2D eigenvalue weighted by Gasteiger charge is 2.24. The van der Waals surface area contributed by atoms with Crippen LogP contribution in [0.3, 0.4) is 0 Å². The van der Waals surface area contributed by atoms with E-state index < -0.39 is 0 Å². The van der Waals surface area contributed by atoms with Crippen molar-refractivity contribution in [1.82, 2.24) is 4.90 Å². The van der Waals surface area contributed by atoms with Crippen LogP contribution < -0.4 is 5.73 Å². The van der Waals surface area contributed by atoms with E-state index in [4.69, 9.17) is 15.2 Å². The number of hydrogen-bond donors (Lipinski definition) is 1. The fourth-order valence-electron chi connectivity index (χ4n) is 1.84. The molecule has 0 aromatic carbocycles. The molecule has 0 aromatic heterocycles. The predicted octanol–water partition coefficient (Wildman–Crippen LogP) is 0.0709. The first-order valence-corrected chi connectivity index (χ1v) is 5.36. The summed E-state index contributed by atoms with van der Waals surface area (Å²) >= 11 is 0. The Hall–Kier alpha value is -0.160. The molecular weight excluding hydrogens is 180 g/mol. The molecule has 1 aliphatic heterocycles. The third-order valence-electron chi connectivity index (χ3n) is 2.77. The number of rotatable bonds is 5. The van der Waals surface area contributed by atoms with Gasteiger partial charge in [0.05, 0.1) is 19.3 Å². The number of nitrogens with zero attached hydrogens (tertiary/aromatic N) is 1. The van der Waals surface area contributed by atoms with Gasteiger partial charge in [0.2, 0.25) is 0 Å². The number of methoxy groups -OCH3 is 1. The smallest absolute Gasteiger partial charge is 0.0700 e. The van der Waals surface area contributed by atoms with E-state index >= 15 is 0 Å². The Kier molecular flexibility index (Phi) is 5.40. The van der Waals surface area contributed by atoms with Gasteiger partial charge in [-0.05, 0) is 6.42 Å². The van der Waals surface area contributed by atoms with E-state index in [0.717, 1.165) is 26.1 Å². The van der Waals surface area contributed by atoms with E-state index in [1.807, 2.05) is 0 Å². The molecule has 0 amide bonds. The Morgan fingerprint density at radius 2 is 2.43 bits per heavy atom. The first-order chi connectivity index (χ1) is 6.81. The van der Waals surface area contributed by atoms with Crippen LogP contribution in [0.2, 0.25) is 0 Å². The van der Waals surface area contributed by atoms with Crippen molar-refractivity contribution in [2.24, 2.45) is 5.73 Å². The lowest BCUT2D eigenvalue weighted by Crippen LogP contribution is -2.51. The Bertz CT molecular complexity index is 155. The minimum Gasteiger partial charge on any atom is -0.383 e. The molecular formula is C10H22N2O2. The van der Waals surface area contributed by atoms with Crippen LogP contribution in [0, 0.1) is 0 Å². The fraction of sp³-hybridized carbons (Fsp3) is 1.00. The van der Waals surface area contributed by atoms with Crippen LogP contribution in [0.15, 0.2) is 0 Å². The zero-order chi connectivity index (χ0) is 10.4. The van der Waals surface area contributed by atoms with Crippen LogP contribution in [-0.2, 0) is 9.47 Å². The highest BCUT2D eigenvalue weighted by Crippen LogP contribution is 2.11. The summed E-state index contributed by atoms with van der Waals surface area (Å²) in [6, 6.07) is 0.345. The van der Waals surface area contributed by atoms with E-state index in [9.17, 15) is 0 Å². The summed E-state index contributed by atoms with van der Waals surface area (Å²) in [6.07, 6.45) is 1.44. The number of hydrogen-bond acceptors (Lipinski definition) is 4. The molecule has 1 fully saturated rings. The van der Waals surface area contributed by atoms with Crippen molar-refractivity contribution in [2.75, 3.05) is 40.0 Å². The van der Waals surface area contributed by atoms with Crippen LogP contribution in [0.5, 0.6) is 0 Å². The van der Waals surface area contributed by atoms with E-state index in [0.29, 0.717) is 25.3 Å². The standard InChI is InChI=1S/C10H22N2O2/c1-3-10-7-12(4-5-14-10)9(6-11)8-13-2/h9-10H,3-8,11H2,1-2H3. The van der Waals surface area contributed by atoms with Crippen molar-refractivity contribution in [3.8, 4) is 0 Å². The molecule has 1 rings (SSSR count). The van der Waals surface area contributed by atoms with E-state index in [-0.39, 0.29) is 0 Å². The second-order valence-electron chi connectivity index (χ2n) is 3.74. The number of ether oxygens (including phenoxy) is 2. The highest BCUT2D eigenvalue weighted by atomic mass is 16.5. The van der Waals surface area contributed by atoms with Gasteiger partial charge < -0.3 is 15.2 Å². The summed E-state index contributed by atoms with van der Waals surface area (Å²) in [6.45, 7) is 6.31. The largest absolute Gasteiger partial charge is 0.383 e. The zero-order valence-corrected chi connectivity index (χ0v) is 9.24. The maximum absolute atomic E-state index is 5.71. The number of nitrogens with two attached hydrogens (primary N) is 1. The highest BCUT2D eigenvalue weighted by molar-refractivity contribution is 4.78. The van der Waals surface area contributed by atoms with E-state index in [1.54, 1.807) is 7.11 Å². The van der Waals surface area contributed by atoms with Crippen molar-refractivity contribution >= 4 is 0 Å². The average Bonchev–Trinajstić information content (AvgIpc) is 2.26. The van der Waals surface area contributed by atoms with Crippen molar-refractivity contribution in [3.05, 3.63) is 0 Å². The molecule has 4 heteroatoms. The third kappa shape index (κ3) is 3.20. The molecule has 0 saturated carbocycles. The van der Waals surface area contributed by atoms with Gasteiger partial charge in [0, 0.05) is 32.8 Å². The van der Waals surface area contributed by atoms with Gasteiger partial charge in [-0.2, -0.15) is 0 Å². The van der Waals surface area contributed by atoms with Gasteiger partial charge in [-0.25, -0.2) is 0 Å². The summed E-state index contributed by atoms with van der Waals surface area (Å²) in [5, 5.41) is 0. The van der Waals surface area contributed by atoms with Crippen LogP contribution >= 0.6 is 0 Å². The second-order valence-corrected chi connectivity index (χ2v) is 3.74. The predicted molar refractivity (Wildman–Crippen MR) is 56.3 cm³/mol. The van der Waals surface area contributed by atoms with Crippen molar-refractivity contribution in [3.63, 3.8) is 0 Å². The van der Waals surface area contributed by atoms with Crippen LogP contribution in [0.4, 0.5) is 0 Å². The molecule has 2 N–H and O–H groups in total. The molecule has 14 heavy (non-hydrogen) atoms. The van der Waals surface area contributed by atoms with Crippen LogP contribution in [0.1, 0.15) is 13.3 Å². The summed E-state index contributed by atoms with van der Waals surface area (Å²) in [5.41, 5.74) is 5.71. The molecule has 2 unspecified atom stereocenters. The third-order valence-corrected chi connectivity index (χ3v) is 2.77. The molecule has 0 radical (unpaired) electrons. The van der Waals surface area contributed by atoms with Crippen LogP contribution in [-0.4, -0.2) is 57.0 Å². The molecule has 1 saturated heterocycles. The summed E-state index contributed by atoms with van der Waals surface area (Å²) < 4.78 is 10.8. The quantitative estimate of drug-likeness (QED) is 0.685. The van der Waals surface area contributed by atoms with Crippen LogP contribution in [0.25, 0.3) is 0 Å². The fourth-order valence-corrected chi connectivity index (χ4v) is 1.84. The first-order valence-electron chi connectivity index (χ1n) is 5.36. The maximum Gasteiger partial charge on any atom is 0.0700 e. The Morgan fingerprint density at radius 1 is 1.64 bits per heavy atom. The minimum absolute atomic E-state index is 0.345. The normalized spacial score (nSPS) is 26.4. The molecule has 0 aromatic rings. The molecule has 0 bridgehead atoms. The summed E-state index contributed by atoms with van der Waals surface area (Å²) in [4.78, 5) is 2.38. The van der Waals surface area contributed by atoms with Crippen molar-refractivity contribution in [2.45, 2.75) is 25.5 Å². The topological polar surface area (TPSA) is 47.7 Å². The molecule has 84 valence electrons. The summed E-state index contributed by atoms with van der Waals surface area (Å²) in [5.74, 6) is 0. The Morgan fingerprint density at radius 3 is 3.00 bits per heavy atom. The molecule has 0 aliphatic carbocycles. The minimum atomic E-state index is 0.345. The first kappa shape index (κ1) is 11.9. The lowest BCUT2D eigenvalue weighted by Gasteiger charge is -2.37. The molecule has 4 nitrogen and oxygen atoms in total. The van der Waals surface area contributed by atoms with Gasteiger partial charge >= 0.3 is 0 Å². The Balaban J connectivity index is 2.40. The average molecular weight is 202 g/mol. The van der Waals surface area contributed by atoms with Gasteiger partial charge in [0.1, 0.15) is 0 Å². The monoisotopic (exact) mass is 202 g/mol. The molecule has 0 spiro atoms. The molecule has 1 heterocycles. The van der Waals surface area contributed by atoms with E-state index in [2.05, 4.69) is 11.8 Å². The molecule has 1 aliphatic rings. The zero-order valence-electron chi connectivity index (χ0n) is 9.24. The second kappa shape index (κ2) is 6.35. The summed E-state index contributed by atoms with van der Waals surface area (Å²) in [7, 11) is 1.72. The molecule has 2 atom stereocenters. The van der Waals surface area contributed by atoms with Crippen molar-refractivity contribution in [1.29, 1.82) is 0 Å². The van der Waals surface area contributed by atoms with Gasteiger partial charge in [-0.15, -0.1) is 0 Å². The van der Waals surface area contributed by atoms with Gasteiger partial charge in [0.25, 0.3) is 0 Å².